The zero-order chi connectivity index (χ0) is 19.6. The summed E-state index contributed by atoms with van der Waals surface area (Å²) in [5, 5.41) is 0. The van der Waals surface area contributed by atoms with Gasteiger partial charge in [-0.05, 0) is 43.4 Å². The van der Waals surface area contributed by atoms with Crippen LogP contribution in [0.2, 0.25) is 0 Å². The number of aryl methyl sites for hydroxylation is 1. The number of ether oxygens (including phenoxy) is 2. The SMILES string of the molecule is C=CC(=O)OCCCCCCCCCCCOc1ccc(CCCC)cc1. The number of benzene rings is 1. The van der Waals surface area contributed by atoms with Gasteiger partial charge in [0.2, 0.25) is 0 Å². The molecule has 1 rings (SSSR count). The van der Waals surface area contributed by atoms with E-state index in [2.05, 4.69) is 37.8 Å². The predicted molar refractivity (Wildman–Crippen MR) is 113 cm³/mol. The van der Waals surface area contributed by atoms with Crippen molar-refractivity contribution in [1.82, 2.24) is 0 Å². The van der Waals surface area contributed by atoms with Crippen LogP contribution in [0.15, 0.2) is 36.9 Å². The van der Waals surface area contributed by atoms with E-state index in [9.17, 15) is 4.79 Å². The maximum atomic E-state index is 10.9. The van der Waals surface area contributed by atoms with Crippen LogP contribution in [-0.2, 0) is 16.0 Å². The van der Waals surface area contributed by atoms with E-state index in [4.69, 9.17) is 9.47 Å². The van der Waals surface area contributed by atoms with Crippen molar-refractivity contribution in [2.24, 2.45) is 0 Å². The highest BCUT2D eigenvalue weighted by atomic mass is 16.5. The normalized spacial score (nSPS) is 10.6. The molecule has 0 atom stereocenters. The summed E-state index contributed by atoms with van der Waals surface area (Å²) in [5.41, 5.74) is 1.40. The molecule has 0 saturated heterocycles. The van der Waals surface area contributed by atoms with Gasteiger partial charge in [-0.15, -0.1) is 0 Å². The number of esters is 1. The minimum absolute atomic E-state index is 0.317. The Balaban J connectivity index is 1.86. The van der Waals surface area contributed by atoms with Gasteiger partial charge in [-0.3, -0.25) is 0 Å². The molecular formula is C24H38O3. The second-order valence-corrected chi connectivity index (χ2v) is 7.15. The Kier molecular flexibility index (Phi) is 14.1. The average Bonchev–Trinajstić information content (AvgIpc) is 2.70. The molecule has 1 aromatic rings. The molecule has 0 radical (unpaired) electrons. The van der Waals surface area contributed by atoms with Crippen molar-refractivity contribution in [3.05, 3.63) is 42.5 Å². The van der Waals surface area contributed by atoms with Gasteiger partial charge >= 0.3 is 5.97 Å². The van der Waals surface area contributed by atoms with Crippen molar-refractivity contribution >= 4 is 5.97 Å². The number of hydrogen-bond acceptors (Lipinski definition) is 3. The monoisotopic (exact) mass is 374 g/mol. The Morgan fingerprint density at radius 1 is 0.852 bits per heavy atom. The van der Waals surface area contributed by atoms with Gasteiger partial charge in [0.15, 0.2) is 0 Å². The van der Waals surface area contributed by atoms with Gasteiger partial charge in [0.1, 0.15) is 5.75 Å². The summed E-state index contributed by atoms with van der Waals surface area (Å²) in [6.45, 7) is 6.94. The smallest absolute Gasteiger partial charge is 0.330 e. The molecule has 1 aromatic carbocycles. The lowest BCUT2D eigenvalue weighted by Crippen LogP contribution is -2.01. The quantitative estimate of drug-likeness (QED) is 0.174. The van der Waals surface area contributed by atoms with E-state index in [0.717, 1.165) is 31.6 Å². The minimum Gasteiger partial charge on any atom is -0.494 e. The van der Waals surface area contributed by atoms with Crippen LogP contribution >= 0.6 is 0 Å². The molecule has 0 unspecified atom stereocenters. The lowest BCUT2D eigenvalue weighted by molar-refractivity contribution is -0.137. The molecule has 3 nitrogen and oxygen atoms in total. The van der Waals surface area contributed by atoms with Gasteiger partial charge in [-0.1, -0.05) is 77.0 Å². The molecule has 0 aliphatic rings. The summed E-state index contributed by atoms with van der Waals surface area (Å²) >= 11 is 0. The topological polar surface area (TPSA) is 35.5 Å². The van der Waals surface area contributed by atoms with Crippen LogP contribution in [0.5, 0.6) is 5.75 Å². The Bertz CT molecular complexity index is 493. The molecule has 0 aromatic heterocycles. The summed E-state index contributed by atoms with van der Waals surface area (Å²) in [5.74, 6) is 0.678. The summed E-state index contributed by atoms with van der Waals surface area (Å²) in [6, 6.07) is 8.58. The molecule has 0 heterocycles. The Morgan fingerprint density at radius 3 is 1.96 bits per heavy atom. The van der Waals surface area contributed by atoms with Crippen LogP contribution in [-0.4, -0.2) is 19.2 Å². The lowest BCUT2D eigenvalue weighted by Gasteiger charge is -2.07. The van der Waals surface area contributed by atoms with Crippen molar-refractivity contribution in [1.29, 1.82) is 0 Å². The molecule has 0 bridgehead atoms. The third-order valence-electron chi connectivity index (χ3n) is 4.71. The highest BCUT2D eigenvalue weighted by Crippen LogP contribution is 2.15. The molecule has 0 aliphatic heterocycles. The highest BCUT2D eigenvalue weighted by molar-refractivity contribution is 5.81. The molecule has 3 heteroatoms. The summed E-state index contributed by atoms with van der Waals surface area (Å²) in [7, 11) is 0. The number of carbonyl (C=O) groups is 1. The zero-order valence-electron chi connectivity index (χ0n) is 17.2. The van der Waals surface area contributed by atoms with Crippen molar-refractivity contribution in [2.75, 3.05) is 13.2 Å². The van der Waals surface area contributed by atoms with Gasteiger partial charge in [0, 0.05) is 6.08 Å². The maximum Gasteiger partial charge on any atom is 0.330 e. The van der Waals surface area contributed by atoms with Crippen LogP contribution in [0.4, 0.5) is 0 Å². The van der Waals surface area contributed by atoms with Gasteiger partial charge in [0.25, 0.3) is 0 Å². The molecule has 0 N–H and O–H groups in total. The van der Waals surface area contributed by atoms with E-state index >= 15 is 0 Å². The molecule has 0 amide bonds. The molecule has 152 valence electrons. The van der Waals surface area contributed by atoms with Crippen LogP contribution in [0.3, 0.4) is 0 Å². The molecule has 27 heavy (non-hydrogen) atoms. The first-order chi connectivity index (χ1) is 13.3. The van der Waals surface area contributed by atoms with E-state index in [-0.39, 0.29) is 5.97 Å². The van der Waals surface area contributed by atoms with Crippen molar-refractivity contribution < 1.29 is 14.3 Å². The van der Waals surface area contributed by atoms with E-state index in [1.807, 2.05) is 0 Å². The average molecular weight is 375 g/mol. The van der Waals surface area contributed by atoms with Crippen LogP contribution < -0.4 is 4.74 Å². The first-order valence-corrected chi connectivity index (χ1v) is 10.8. The number of unbranched alkanes of at least 4 members (excludes halogenated alkanes) is 9. The third kappa shape index (κ3) is 13.1. The first-order valence-electron chi connectivity index (χ1n) is 10.8. The minimum atomic E-state index is -0.317. The fourth-order valence-corrected chi connectivity index (χ4v) is 3.00. The molecule has 0 fully saturated rings. The Morgan fingerprint density at radius 2 is 1.41 bits per heavy atom. The van der Waals surface area contributed by atoms with Crippen LogP contribution in [0.25, 0.3) is 0 Å². The van der Waals surface area contributed by atoms with E-state index in [1.165, 1.54) is 69.4 Å². The van der Waals surface area contributed by atoms with Crippen molar-refractivity contribution in [2.45, 2.75) is 84.0 Å². The van der Waals surface area contributed by atoms with Gasteiger partial charge in [0.05, 0.1) is 13.2 Å². The van der Waals surface area contributed by atoms with Gasteiger partial charge in [-0.2, -0.15) is 0 Å². The second kappa shape index (κ2) is 16.4. The summed E-state index contributed by atoms with van der Waals surface area (Å²) in [4.78, 5) is 10.9. The fourth-order valence-electron chi connectivity index (χ4n) is 3.00. The number of carbonyl (C=O) groups excluding carboxylic acids is 1. The maximum absolute atomic E-state index is 10.9. The largest absolute Gasteiger partial charge is 0.494 e. The summed E-state index contributed by atoms with van der Waals surface area (Å²) < 4.78 is 10.8. The van der Waals surface area contributed by atoms with Crippen molar-refractivity contribution in [3.8, 4) is 5.75 Å². The number of hydrogen-bond donors (Lipinski definition) is 0. The van der Waals surface area contributed by atoms with Crippen molar-refractivity contribution in [3.63, 3.8) is 0 Å². The first kappa shape index (κ1) is 23.3. The second-order valence-electron chi connectivity index (χ2n) is 7.15. The fraction of sp³-hybridized carbons (Fsp3) is 0.625. The van der Waals surface area contributed by atoms with E-state index in [1.54, 1.807) is 0 Å². The molecular weight excluding hydrogens is 336 g/mol. The van der Waals surface area contributed by atoms with Gasteiger partial charge in [-0.25, -0.2) is 4.79 Å². The lowest BCUT2D eigenvalue weighted by atomic mass is 10.1. The highest BCUT2D eigenvalue weighted by Gasteiger charge is 1.98. The molecule has 0 spiro atoms. The Hall–Kier alpha value is -1.77. The summed E-state index contributed by atoms with van der Waals surface area (Å²) in [6.07, 6.45) is 15.7. The predicted octanol–water partition coefficient (Wildman–Crippen LogP) is 6.65. The molecule has 0 saturated carbocycles. The van der Waals surface area contributed by atoms with E-state index in [0.29, 0.717) is 6.61 Å². The molecule has 0 aliphatic carbocycles. The van der Waals surface area contributed by atoms with Gasteiger partial charge < -0.3 is 9.47 Å². The third-order valence-corrected chi connectivity index (χ3v) is 4.71. The standard InChI is InChI=1S/C24H38O3/c1-3-5-15-22-16-18-23(19-17-22)26-20-13-11-9-7-6-8-10-12-14-21-27-24(25)4-2/h4,16-19H,2-3,5-15,20-21H2,1H3. The Labute approximate surface area is 166 Å². The zero-order valence-corrected chi connectivity index (χ0v) is 17.2. The van der Waals surface area contributed by atoms with E-state index < -0.39 is 0 Å². The number of rotatable bonds is 17. The van der Waals surface area contributed by atoms with Crippen LogP contribution in [0.1, 0.15) is 83.1 Å². The van der Waals surface area contributed by atoms with Crippen LogP contribution in [0, 0.1) is 0 Å².